The van der Waals surface area contributed by atoms with Crippen LogP contribution >= 0.6 is 24.0 Å². The van der Waals surface area contributed by atoms with Crippen molar-refractivity contribution in [1.82, 2.24) is 10.6 Å². The lowest BCUT2D eigenvalue weighted by atomic mass is 9.85. The molecule has 2 aliphatic carbocycles. The number of aliphatic hydroxyl groups is 1. The minimum atomic E-state index is -0.560. The van der Waals surface area contributed by atoms with E-state index >= 15 is 0 Å². The highest BCUT2D eigenvalue weighted by molar-refractivity contribution is 14.0. The highest BCUT2D eigenvalue weighted by Gasteiger charge is 2.33. The number of nitrogens with zero attached hydrogens (tertiary/aromatic N) is 1. The maximum atomic E-state index is 10.4. The first-order valence-corrected chi connectivity index (χ1v) is 7.40. The fourth-order valence-corrected chi connectivity index (χ4v) is 2.61. The molecule has 0 aliphatic heterocycles. The number of aliphatic imine (C=N–C) groups is 1. The topological polar surface area (TPSA) is 56.7 Å². The van der Waals surface area contributed by atoms with Gasteiger partial charge in [-0.05, 0) is 32.1 Å². The Morgan fingerprint density at radius 1 is 1.32 bits per heavy atom. The molecule has 3 N–H and O–H groups in total. The molecule has 0 aromatic heterocycles. The van der Waals surface area contributed by atoms with Gasteiger partial charge in [0.1, 0.15) is 0 Å². The van der Waals surface area contributed by atoms with Crippen LogP contribution in [0.5, 0.6) is 0 Å². The SMILES string of the molecule is CCNC(=NCC1(O)CCCCC1)NC1CC1C.I. The maximum Gasteiger partial charge on any atom is 0.191 e. The van der Waals surface area contributed by atoms with Crippen molar-refractivity contribution in [1.29, 1.82) is 0 Å². The van der Waals surface area contributed by atoms with Gasteiger partial charge < -0.3 is 15.7 Å². The summed E-state index contributed by atoms with van der Waals surface area (Å²) in [6, 6.07) is 0.573. The lowest BCUT2D eigenvalue weighted by molar-refractivity contribution is 0.0131. The van der Waals surface area contributed by atoms with Gasteiger partial charge in [0.15, 0.2) is 5.96 Å². The first-order valence-electron chi connectivity index (χ1n) is 7.40. The van der Waals surface area contributed by atoms with Gasteiger partial charge in [0.2, 0.25) is 0 Å². The van der Waals surface area contributed by atoms with Crippen LogP contribution in [0.4, 0.5) is 0 Å². The second kappa shape index (κ2) is 7.67. The molecule has 19 heavy (non-hydrogen) atoms. The Kier molecular flexibility index (Phi) is 6.86. The van der Waals surface area contributed by atoms with Crippen molar-refractivity contribution in [2.45, 2.75) is 64.0 Å². The van der Waals surface area contributed by atoms with Crippen molar-refractivity contribution in [2.24, 2.45) is 10.9 Å². The summed E-state index contributed by atoms with van der Waals surface area (Å²) in [6.45, 7) is 5.72. The fraction of sp³-hybridized carbons (Fsp3) is 0.929. The molecule has 5 heteroatoms. The zero-order chi connectivity index (χ0) is 13.0. The van der Waals surface area contributed by atoms with Gasteiger partial charge in [0.25, 0.3) is 0 Å². The molecule has 2 fully saturated rings. The van der Waals surface area contributed by atoms with E-state index in [1.54, 1.807) is 0 Å². The van der Waals surface area contributed by atoms with Crippen molar-refractivity contribution in [3.05, 3.63) is 0 Å². The molecule has 2 unspecified atom stereocenters. The molecule has 4 nitrogen and oxygen atoms in total. The zero-order valence-electron chi connectivity index (χ0n) is 12.1. The van der Waals surface area contributed by atoms with E-state index in [0.717, 1.165) is 44.1 Å². The summed E-state index contributed by atoms with van der Waals surface area (Å²) in [5.41, 5.74) is -0.560. The summed E-state index contributed by atoms with van der Waals surface area (Å²) in [6.07, 6.45) is 6.55. The highest BCUT2D eigenvalue weighted by Crippen LogP contribution is 2.29. The Morgan fingerprint density at radius 2 is 1.95 bits per heavy atom. The molecule has 0 radical (unpaired) electrons. The second-order valence-corrected chi connectivity index (χ2v) is 5.94. The number of hydrogen-bond donors (Lipinski definition) is 3. The quantitative estimate of drug-likeness (QED) is 0.398. The van der Waals surface area contributed by atoms with E-state index in [1.807, 2.05) is 0 Å². The minimum absolute atomic E-state index is 0. The van der Waals surface area contributed by atoms with Crippen LogP contribution in [0.1, 0.15) is 52.4 Å². The second-order valence-electron chi connectivity index (χ2n) is 5.94. The largest absolute Gasteiger partial charge is 0.388 e. The minimum Gasteiger partial charge on any atom is -0.388 e. The van der Waals surface area contributed by atoms with E-state index in [9.17, 15) is 5.11 Å². The number of halogens is 1. The molecule has 0 heterocycles. The van der Waals surface area contributed by atoms with E-state index < -0.39 is 5.60 Å². The van der Waals surface area contributed by atoms with Crippen molar-refractivity contribution in [3.8, 4) is 0 Å². The highest BCUT2D eigenvalue weighted by atomic mass is 127. The molecule has 0 saturated heterocycles. The zero-order valence-corrected chi connectivity index (χ0v) is 14.4. The fourth-order valence-electron chi connectivity index (χ4n) is 2.61. The van der Waals surface area contributed by atoms with Crippen LogP contribution in [0.2, 0.25) is 0 Å². The molecule has 2 atom stereocenters. The number of hydrogen-bond acceptors (Lipinski definition) is 2. The van der Waals surface area contributed by atoms with Crippen molar-refractivity contribution in [3.63, 3.8) is 0 Å². The molecule has 0 spiro atoms. The van der Waals surface area contributed by atoms with Gasteiger partial charge >= 0.3 is 0 Å². The van der Waals surface area contributed by atoms with Gasteiger partial charge in [-0.1, -0.05) is 26.2 Å². The van der Waals surface area contributed by atoms with E-state index in [0.29, 0.717) is 12.6 Å². The molecule has 0 aromatic carbocycles. The third-order valence-electron chi connectivity index (χ3n) is 4.09. The lowest BCUT2D eigenvalue weighted by Gasteiger charge is -2.30. The lowest BCUT2D eigenvalue weighted by Crippen LogP contribution is -2.42. The predicted molar refractivity (Wildman–Crippen MR) is 90.1 cm³/mol. The first-order chi connectivity index (χ1) is 8.63. The Morgan fingerprint density at radius 3 is 2.47 bits per heavy atom. The van der Waals surface area contributed by atoms with Crippen LogP contribution in [0.25, 0.3) is 0 Å². The maximum absolute atomic E-state index is 10.4. The molecule has 0 aromatic rings. The molecular formula is C14H28IN3O. The average Bonchev–Trinajstić information content (AvgIpc) is 3.03. The molecule has 2 aliphatic rings. The van der Waals surface area contributed by atoms with E-state index in [4.69, 9.17) is 0 Å². The number of nitrogens with one attached hydrogen (secondary N) is 2. The Labute approximate surface area is 133 Å². The van der Waals surface area contributed by atoms with Crippen LogP contribution in [-0.2, 0) is 0 Å². The Hall–Kier alpha value is -0.0400. The first kappa shape index (κ1) is 17.0. The van der Waals surface area contributed by atoms with Gasteiger partial charge in [-0.2, -0.15) is 0 Å². The van der Waals surface area contributed by atoms with Gasteiger partial charge in [-0.15, -0.1) is 24.0 Å². The summed E-state index contributed by atoms with van der Waals surface area (Å²) in [5, 5.41) is 17.1. The van der Waals surface area contributed by atoms with E-state index in [1.165, 1.54) is 12.8 Å². The van der Waals surface area contributed by atoms with Crippen LogP contribution in [0.3, 0.4) is 0 Å². The molecule has 2 saturated carbocycles. The monoisotopic (exact) mass is 381 g/mol. The molecular weight excluding hydrogens is 353 g/mol. The van der Waals surface area contributed by atoms with Crippen molar-refractivity contribution >= 4 is 29.9 Å². The van der Waals surface area contributed by atoms with E-state index in [-0.39, 0.29) is 24.0 Å². The molecule has 2 rings (SSSR count). The summed E-state index contributed by atoms with van der Waals surface area (Å²) >= 11 is 0. The Balaban J connectivity index is 0.00000180. The van der Waals surface area contributed by atoms with Gasteiger partial charge in [-0.3, -0.25) is 4.99 Å². The van der Waals surface area contributed by atoms with Crippen LogP contribution in [-0.4, -0.2) is 35.8 Å². The van der Waals surface area contributed by atoms with Crippen molar-refractivity contribution < 1.29 is 5.11 Å². The third kappa shape index (κ3) is 5.45. The van der Waals surface area contributed by atoms with Gasteiger partial charge in [0.05, 0.1) is 12.1 Å². The van der Waals surface area contributed by atoms with E-state index in [2.05, 4.69) is 29.5 Å². The average molecular weight is 381 g/mol. The number of guanidine groups is 1. The predicted octanol–water partition coefficient (Wildman–Crippen LogP) is 2.26. The van der Waals surface area contributed by atoms with Gasteiger partial charge in [-0.25, -0.2) is 0 Å². The smallest absolute Gasteiger partial charge is 0.191 e. The summed E-state index contributed by atoms with van der Waals surface area (Å²) in [7, 11) is 0. The van der Waals surface area contributed by atoms with Crippen molar-refractivity contribution in [2.75, 3.05) is 13.1 Å². The van der Waals surface area contributed by atoms with Crippen LogP contribution < -0.4 is 10.6 Å². The van der Waals surface area contributed by atoms with Crippen LogP contribution in [0.15, 0.2) is 4.99 Å². The summed E-state index contributed by atoms with van der Waals surface area (Å²) in [4.78, 5) is 4.57. The molecule has 0 amide bonds. The molecule has 112 valence electrons. The molecule has 0 bridgehead atoms. The van der Waals surface area contributed by atoms with Crippen LogP contribution in [0, 0.1) is 5.92 Å². The standard InChI is InChI=1S/C14H27N3O.HI/c1-3-15-13(17-12-9-11(12)2)16-10-14(18)7-5-4-6-8-14;/h11-12,18H,3-10H2,1-2H3,(H2,15,16,17);1H. The van der Waals surface area contributed by atoms with Gasteiger partial charge in [0, 0.05) is 12.6 Å². The normalized spacial score (nSPS) is 29.3. The number of rotatable bonds is 4. The third-order valence-corrected chi connectivity index (χ3v) is 4.09. The summed E-state index contributed by atoms with van der Waals surface area (Å²) < 4.78 is 0. The summed E-state index contributed by atoms with van der Waals surface area (Å²) in [5.74, 6) is 1.62. The Bertz CT molecular complexity index is 303.